The fourth-order valence-electron chi connectivity index (χ4n) is 3.07. The molecular formula is C17H26N2O2. The molecule has 116 valence electrons. The van der Waals surface area contributed by atoms with E-state index in [-0.39, 0.29) is 6.42 Å². The first-order valence-corrected chi connectivity index (χ1v) is 7.85. The van der Waals surface area contributed by atoms with E-state index in [9.17, 15) is 4.79 Å². The zero-order valence-electron chi connectivity index (χ0n) is 13.0. The Morgan fingerprint density at radius 3 is 2.43 bits per heavy atom. The zero-order valence-corrected chi connectivity index (χ0v) is 13.0. The van der Waals surface area contributed by atoms with Gasteiger partial charge in [0.1, 0.15) is 0 Å². The van der Waals surface area contributed by atoms with Crippen molar-refractivity contribution in [2.24, 2.45) is 0 Å². The van der Waals surface area contributed by atoms with Crippen molar-refractivity contribution in [2.75, 3.05) is 24.5 Å². The lowest BCUT2D eigenvalue weighted by Crippen LogP contribution is -2.47. The van der Waals surface area contributed by atoms with E-state index >= 15 is 0 Å². The fourth-order valence-corrected chi connectivity index (χ4v) is 3.07. The number of carboxylic acid groups (broad SMARTS) is 1. The standard InChI is InChI=1S/C17H26N2O2/c1-14(2)18-11-8-16(9-12-18)19(13-10-17(20)21)15-6-4-3-5-7-15/h3-7,14,16H,8-13H2,1-2H3,(H,20,21). The summed E-state index contributed by atoms with van der Waals surface area (Å²) in [5, 5.41) is 8.99. The highest BCUT2D eigenvalue weighted by Crippen LogP contribution is 2.24. The molecule has 0 saturated carbocycles. The van der Waals surface area contributed by atoms with Gasteiger partial charge in [-0.1, -0.05) is 18.2 Å². The molecule has 21 heavy (non-hydrogen) atoms. The summed E-state index contributed by atoms with van der Waals surface area (Å²) < 4.78 is 0. The van der Waals surface area contributed by atoms with E-state index in [4.69, 9.17) is 5.11 Å². The molecule has 1 aliphatic heterocycles. The molecule has 0 aromatic heterocycles. The molecule has 1 N–H and O–H groups in total. The molecule has 0 bridgehead atoms. The SMILES string of the molecule is CC(C)N1CCC(N(CCC(=O)O)c2ccccc2)CC1. The maximum atomic E-state index is 10.9. The second-order valence-corrected chi connectivity index (χ2v) is 6.03. The van der Waals surface area contributed by atoms with E-state index in [1.165, 1.54) is 0 Å². The largest absolute Gasteiger partial charge is 0.481 e. The number of hydrogen-bond acceptors (Lipinski definition) is 3. The summed E-state index contributed by atoms with van der Waals surface area (Å²) in [6.45, 7) is 7.25. The van der Waals surface area contributed by atoms with Gasteiger partial charge in [0.15, 0.2) is 0 Å². The van der Waals surface area contributed by atoms with Crippen LogP contribution in [0.3, 0.4) is 0 Å². The number of aliphatic carboxylic acids is 1. The third kappa shape index (κ3) is 4.46. The lowest BCUT2D eigenvalue weighted by atomic mass is 10.0. The highest BCUT2D eigenvalue weighted by Gasteiger charge is 2.26. The normalized spacial score (nSPS) is 17.1. The first-order valence-electron chi connectivity index (χ1n) is 7.85. The molecule has 1 aromatic carbocycles. The molecule has 0 unspecified atom stereocenters. The summed E-state index contributed by atoms with van der Waals surface area (Å²) in [4.78, 5) is 15.7. The minimum atomic E-state index is -0.726. The lowest BCUT2D eigenvalue weighted by Gasteiger charge is -2.41. The number of para-hydroxylation sites is 1. The average molecular weight is 290 g/mol. The van der Waals surface area contributed by atoms with Gasteiger partial charge in [0, 0.05) is 37.4 Å². The smallest absolute Gasteiger partial charge is 0.305 e. The summed E-state index contributed by atoms with van der Waals surface area (Å²) in [7, 11) is 0. The Labute approximate surface area is 127 Å². The maximum absolute atomic E-state index is 10.9. The predicted molar refractivity (Wildman–Crippen MR) is 85.8 cm³/mol. The molecule has 2 rings (SSSR count). The minimum Gasteiger partial charge on any atom is -0.481 e. The molecule has 0 spiro atoms. The highest BCUT2D eigenvalue weighted by atomic mass is 16.4. The summed E-state index contributed by atoms with van der Waals surface area (Å²) >= 11 is 0. The van der Waals surface area contributed by atoms with Crippen LogP contribution in [0, 0.1) is 0 Å². The predicted octanol–water partition coefficient (Wildman–Crippen LogP) is 2.84. The van der Waals surface area contributed by atoms with Gasteiger partial charge in [0.2, 0.25) is 0 Å². The van der Waals surface area contributed by atoms with Crippen LogP contribution in [-0.2, 0) is 4.79 Å². The number of carbonyl (C=O) groups is 1. The van der Waals surface area contributed by atoms with Crippen LogP contribution in [0.5, 0.6) is 0 Å². The van der Waals surface area contributed by atoms with Crippen molar-refractivity contribution in [3.63, 3.8) is 0 Å². The van der Waals surface area contributed by atoms with Crippen molar-refractivity contribution in [1.82, 2.24) is 4.90 Å². The number of likely N-dealkylation sites (tertiary alicyclic amines) is 1. The molecule has 1 aromatic rings. The van der Waals surface area contributed by atoms with Gasteiger partial charge in [-0.3, -0.25) is 4.79 Å². The molecule has 1 saturated heterocycles. The Kier molecular flexibility index (Phi) is 5.62. The Bertz CT molecular complexity index is 439. The second-order valence-electron chi connectivity index (χ2n) is 6.03. The molecule has 0 radical (unpaired) electrons. The summed E-state index contributed by atoms with van der Waals surface area (Å²) in [6.07, 6.45) is 2.40. The molecule has 4 nitrogen and oxygen atoms in total. The van der Waals surface area contributed by atoms with Gasteiger partial charge in [0.25, 0.3) is 0 Å². The Hall–Kier alpha value is -1.55. The number of benzene rings is 1. The Morgan fingerprint density at radius 1 is 1.29 bits per heavy atom. The molecule has 1 aliphatic rings. The van der Waals surface area contributed by atoms with E-state index in [2.05, 4.69) is 35.8 Å². The van der Waals surface area contributed by atoms with E-state index < -0.39 is 5.97 Å². The van der Waals surface area contributed by atoms with Crippen LogP contribution < -0.4 is 4.90 Å². The van der Waals surface area contributed by atoms with Crippen molar-refractivity contribution in [2.45, 2.75) is 45.2 Å². The first kappa shape index (κ1) is 15.8. The van der Waals surface area contributed by atoms with Gasteiger partial charge in [-0.15, -0.1) is 0 Å². The van der Waals surface area contributed by atoms with E-state index in [0.29, 0.717) is 18.6 Å². The molecule has 0 atom stereocenters. The van der Waals surface area contributed by atoms with Crippen LogP contribution in [0.25, 0.3) is 0 Å². The Balaban J connectivity index is 2.04. The van der Waals surface area contributed by atoms with Crippen LogP contribution in [0.1, 0.15) is 33.1 Å². The third-order valence-electron chi connectivity index (χ3n) is 4.32. The van der Waals surface area contributed by atoms with Crippen molar-refractivity contribution in [1.29, 1.82) is 0 Å². The van der Waals surface area contributed by atoms with Gasteiger partial charge in [-0.05, 0) is 38.8 Å². The fraction of sp³-hybridized carbons (Fsp3) is 0.588. The zero-order chi connectivity index (χ0) is 15.2. The Morgan fingerprint density at radius 2 is 1.90 bits per heavy atom. The van der Waals surface area contributed by atoms with Crippen molar-refractivity contribution in [3.8, 4) is 0 Å². The second kappa shape index (κ2) is 7.46. The number of piperidine rings is 1. The quantitative estimate of drug-likeness (QED) is 0.875. The average Bonchev–Trinajstić information content (AvgIpc) is 2.49. The van der Waals surface area contributed by atoms with Gasteiger partial charge in [-0.25, -0.2) is 0 Å². The van der Waals surface area contributed by atoms with Crippen LogP contribution in [0.15, 0.2) is 30.3 Å². The minimum absolute atomic E-state index is 0.194. The number of carboxylic acids is 1. The molecule has 4 heteroatoms. The third-order valence-corrected chi connectivity index (χ3v) is 4.32. The summed E-state index contributed by atoms with van der Waals surface area (Å²) in [5.74, 6) is -0.726. The molecule has 0 amide bonds. The van der Waals surface area contributed by atoms with Crippen LogP contribution >= 0.6 is 0 Å². The van der Waals surface area contributed by atoms with Gasteiger partial charge >= 0.3 is 5.97 Å². The number of hydrogen-bond donors (Lipinski definition) is 1. The highest BCUT2D eigenvalue weighted by molar-refractivity contribution is 5.67. The van der Waals surface area contributed by atoms with Gasteiger partial charge in [-0.2, -0.15) is 0 Å². The number of rotatable bonds is 6. The van der Waals surface area contributed by atoms with E-state index in [0.717, 1.165) is 31.6 Å². The summed E-state index contributed by atoms with van der Waals surface area (Å²) in [5.41, 5.74) is 1.14. The van der Waals surface area contributed by atoms with Crippen molar-refractivity contribution >= 4 is 11.7 Å². The van der Waals surface area contributed by atoms with Gasteiger partial charge in [0.05, 0.1) is 6.42 Å². The monoisotopic (exact) mass is 290 g/mol. The summed E-state index contributed by atoms with van der Waals surface area (Å²) in [6, 6.07) is 11.2. The molecular weight excluding hydrogens is 264 g/mol. The number of nitrogens with zero attached hydrogens (tertiary/aromatic N) is 2. The number of anilines is 1. The molecule has 1 fully saturated rings. The van der Waals surface area contributed by atoms with Crippen molar-refractivity contribution < 1.29 is 9.90 Å². The van der Waals surface area contributed by atoms with Crippen molar-refractivity contribution in [3.05, 3.63) is 30.3 Å². The van der Waals surface area contributed by atoms with Crippen LogP contribution in [0.2, 0.25) is 0 Å². The van der Waals surface area contributed by atoms with Crippen LogP contribution in [-0.4, -0.2) is 47.7 Å². The topological polar surface area (TPSA) is 43.8 Å². The lowest BCUT2D eigenvalue weighted by molar-refractivity contribution is -0.136. The van der Waals surface area contributed by atoms with Crippen LogP contribution in [0.4, 0.5) is 5.69 Å². The van der Waals surface area contributed by atoms with Gasteiger partial charge < -0.3 is 14.9 Å². The molecule has 0 aliphatic carbocycles. The maximum Gasteiger partial charge on any atom is 0.305 e. The first-order chi connectivity index (χ1) is 10.1. The van der Waals surface area contributed by atoms with E-state index in [1.54, 1.807) is 0 Å². The molecule has 1 heterocycles. The van der Waals surface area contributed by atoms with E-state index in [1.807, 2.05) is 18.2 Å².